The number of morpholine rings is 1. The molecule has 1 unspecified atom stereocenters. The zero-order valence-electron chi connectivity index (χ0n) is 13.1. The molecule has 0 radical (unpaired) electrons. The molecule has 1 aliphatic rings. The number of aliphatic hydroxyl groups excluding tert-OH is 1. The van der Waals surface area contributed by atoms with Crippen molar-refractivity contribution in [2.75, 3.05) is 39.4 Å². The Morgan fingerprint density at radius 3 is 2.76 bits per heavy atom. The van der Waals surface area contributed by atoms with Crippen molar-refractivity contribution in [1.29, 1.82) is 0 Å². The van der Waals surface area contributed by atoms with Gasteiger partial charge in [0.1, 0.15) is 0 Å². The van der Waals surface area contributed by atoms with E-state index in [0.717, 1.165) is 39.4 Å². The van der Waals surface area contributed by atoms with Crippen LogP contribution >= 0.6 is 0 Å². The third-order valence-electron chi connectivity index (χ3n) is 3.86. The Kier molecular flexibility index (Phi) is 6.57. The summed E-state index contributed by atoms with van der Waals surface area (Å²) < 4.78 is 5.34. The molecule has 1 aliphatic heterocycles. The fourth-order valence-corrected chi connectivity index (χ4v) is 2.59. The van der Waals surface area contributed by atoms with E-state index in [9.17, 15) is 5.11 Å². The lowest BCUT2D eigenvalue weighted by atomic mass is 10.2. The molecule has 0 aromatic carbocycles. The summed E-state index contributed by atoms with van der Waals surface area (Å²) in [4.78, 5) is 8.73. The quantitative estimate of drug-likeness (QED) is 0.812. The summed E-state index contributed by atoms with van der Waals surface area (Å²) in [6.07, 6.45) is 3.35. The summed E-state index contributed by atoms with van der Waals surface area (Å²) >= 11 is 0. The Hall–Kier alpha value is -1.01. The van der Waals surface area contributed by atoms with E-state index in [1.807, 2.05) is 12.3 Å². The molecule has 1 fully saturated rings. The third kappa shape index (κ3) is 5.71. The van der Waals surface area contributed by atoms with Crippen LogP contribution in [0.15, 0.2) is 24.5 Å². The van der Waals surface area contributed by atoms with Crippen molar-refractivity contribution in [1.82, 2.24) is 14.8 Å². The predicted octanol–water partition coefficient (Wildman–Crippen LogP) is 0.985. The Morgan fingerprint density at radius 1 is 1.38 bits per heavy atom. The molecule has 0 aliphatic carbocycles. The van der Waals surface area contributed by atoms with Gasteiger partial charge in [0.25, 0.3) is 0 Å². The largest absolute Gasteiger partial charge is 0.390 e. The van der Waals surface area contributed by atoms with Crippen molar-refractivity contribution in [3.8, 4) is 0 Å². The highest BCUT2D eigenvalue weighted by molar-refractivity contribution is 5.08. The number of hydrogen-bond donors (Lipinski definition) is 1. The van der Waals surface area contributed by atoms with E-state index >= 15 is 0 Å². The van der Waals surface area contributed by atoms with Crippen LogP contribution < -0.4 is 0 Å². The first-order chi connectivity index (χ1) is 10.1. The van der Waals surface area contributed by atoms with Gasteiger partial charge in [-0.1, -0.05) is 6.07 Å². The maximum atomic E-state index is 10.4. The second kappa shape index (κ2) is 8.44. The van der Waals surface area contributed by atoms with Gasteiger partial charge in [0.05, 0.1) is 19.3 Å². The second-order valence-electron chi connectivity index (χ2n) is 5.95. The standard InChI is InChI=1S/C16H27N3O2/c1-14(2)19(11-15-4-3-5-17-10-15)13-16(20)12-18-6-8-21-9-7-18/h3-5,10,14,16,20H,6-9,11-13H2,1-2H3. The molecule has 0 saturated carbocycles. The van der Waals surface area contributed by atoms with E-state index in [1.165, 1.54) is 5.56 Å². The van der Waals surface area contributed by atoms with Crippen LogP contribution in [0.4, 0.5) is 0 Å². The molecule has 1 N–H and O–H groups in total. The number of rotatable bonds is 7. The lowest BCUT2D eigenvalue weighted by Gasteiger charge is -2.32. The number of ether oxygens (including phenoxy) is 1. The molecular weight excluding hydrogens is 266 g/mol. The fourth-order valence-electron chi connectivity index (χ4n) is 2.59. The number of nitrogens with zero attached hydrogens (tertiary/aromatic N) is 3. The van der Waals surface area contributed by atoms with Gasteiger partial charge in [0, 0.05) is 51.2 Å². The van der Waals surface area contributed by atoms with Crippen LogP contribution in [0.25, 0.3) is 0 Å². The molecule has 21 heavy (non-hydrogen) atoms. The fraction of sp³-hybridized carbons (Fsp3) is 0.688. The van der Waals surface area contributed by atoms with Gasteiger partial charge in [0.2, 0.25) is 0 Å². The summed E-state index contributed by atoms with van der Waals surface area (Å²) in [7, 11) is 0. The van der Waals surface area contributed by atoms with Crippen LogP contribution in [0.2, 0.25) is 0 Å². The Morgan fingerprint density at radius 2 is 2.14 bits per heavy atom. The average Bonchev–Trinajstić information content (AvgIpc) is 2.48. The van der Waals surface area contributed by atoms with Crippen LogP contribution in [0.5, 0.6) is 0 Å². The SMILES string of the molecule is CC(C)N(Cc1cccnc1)CC(O)CN1CCOCC1. The molecule has 1 aromatic heterocycles. The lowest BCUT2D eigenvalue weighted by molar-refractivity contribution is 0.00344. The summed E-state index contributed by atoms with van der Waals surface area (Å²) in [5.41, 5.74) is 1.18. The first-order valence-corrected chi connectivity index (χ1v) is 7.76. The van der Waals surface area contributed by atoms with Gasteiger partial charge in [-0.15, -0.1) is 0 Å². The molecule has 1 saturated heterocycles. The van der Waals surface area contributed by atoms with Crippen molar-refractivity contribution < 1.29 is 9.84 Å². The minimum absolute atomic E-state index is 0.331. The van der Waals surface area contributed by atoms with E-state index < -0.39 is 0 Å². The summed E-state index contributed by atoms with van der Waals surface area (Å²) in [5, 5.41) is 10.4. The average molecular weight is 293 g/mol. The van der Waals surface area contributed by atoms with Gasteiger partial charge in [-0.05, 0) is 25.5 Å². The number of β-amino-alcohol motifs (C(OH)–C–C–N with tert-alkyl or cyclic N) is 1. The molecule has 0 amide bonds. The predicted molar refractivity (Wildman–Crippen MR) is 83.0 cm³/mol. The lowest BCUT2D eigenvalue weighted by Crippen LogP contribution is -2.45. The van der Waals surface area contributed by atoms with Crippen molar-refractivity contribution in [3.63, 3.8) is 0 Å². The number of aliphatic hydroxyl groups is 1. The van der Waals surface area contributed by atoms with E-state index in [2.05, 4.69) is 34.7 Å². The Balaban J connectivity index is 1.83. The van der Waals surface area contributed by atoms with Gasteiger partial charge in [-0.2, -0.15) is 0 Å². The molecular formula is C16H27N3O2. The summed E-state index contributed by atoms with van der Waals surface area (Å²) in [6, 6.07) is 4.43. The van der Waals surface area contributed by atoms with Gasteiger partial charge in [-0.3, -0.25) is 14.8 Å². The van der Waals surface area contributed by atoms with Gasteiger partial charge >= 0.3 is 0 Å². The molecule has 118 valence electrons. The normalized spacial score (nSPS) is 18.3. The maximum absolute atomic E-state index is 10.4. The van der Waals surface area contributed by atoms with Crippen molar-refractivity contribution >= 4 is 0 Å². The highest BCUT2D eigenvalue weighted by Crippen LogP contribution is 2.09. The number of hydrogen-bond acceptors (Lipinski definition) is 5. The van der Waals surface area contributed by atoms with Crippen molar-refractivity contribution in [3.05, 3.63) is 30.1 Å². The van der Waals surface area contributed by atoms with Crippen LogP contribution in [0.1, 0.15) is 19.4 Å². The third-order valence-corrected chi connectivity index (χ3v) is 3.86. The van der Waals surface area contributed by atoms with Gasteiger partial charge < -0.3 is 9.84 Å². The highest BCUT2D eigenvalue weighted by atomic mass is 16.5. The van der Waals surface area contributed by atoms with Gasteiger partial charge in [0.15, 0.2) is 0 Å². The van der Waals surface area contributed by atoms with Crippen LogP contribution in [-0.4, -0.2) is 71.4 Å². The Labute approximate surface area is 127 Å². The van der Waals surface area contributed by atoms with Crippen LogP contribution in [0.3, 0.4) is 0 Å². The highest BCUT2D eigenvalue weighted by Gasteiger charge is 2.19. The molecule has 5 heteroatoms. The van der Waals surface area contributed by atoms with Crippen LogP contribution in [-0.2, 0) is 11.3 Å². The van der Waals surface area contributed by atoms with Crippen LogP contribution in [0, 0.1) is 0 Å². The summed E-state index contributed by atoms with van der Waals surface area (Å²) in [5.74, 6) is 0. The first-order valence-electron chi connectivity index (χ1n) is 7.76. The maximum Gasteiger partial charge on any atom is 0.0794 e. The molecule has 0 bridgehead atoms. The second-order valence-corrected chi connectivity index (χ2v) is 5.95. The molecule has 0 spiro atoms. The minimum atomic E-state index is -0.331. The van der Waals surface area contributed by atoms with E-state index in [4.69, 9.17) is 4.74 Å². The van der Waals surface area contributed by atoms with Crippen molar-refractivity contribution in [2.24, 2.45) is 0 Å². The Bertz CT molecular complexity index is 394. The molecule has 5 nitrogen and oxygen atoms in total. The molecule has 1 aromatic rings. The smallest absolute Gasteiger partial charge is 0.0794 e. The monoisotopic (exact) mass is 293 g/mol. The molecule has 1 atom stereocenters. The van der Waals surface area contributed by atoms with Gasteiger partial charge in [-0.25, -0.2) is 0 Å². The number of aromatic nitrogens is 1. The topological polar surface area (TPSA) is 48.8 Å². The summed E-state index contributed by atoms with van der Waals surface area (Å²) in [6.45, 7) is 9.94. The number of pyridine rings is 1. The van der Waals surface area contributed by atoms with E-state index in [-0.39, 0.29) is 6.10 Å². The molecule has 2 rings (SSSR count). The zero-order chi connectivity index (χ0) is 15.1. The zero-order valence-corrected chi connectivity index (χ0v) is 13.1. The van der Waals surface area contributed by atoms with E-state index in [0.29, 0.717) is 12.6 Å². The first kappa shape index (κ1) is 16.4. The van der Waals surface area contributed by atoms with E-state index in [1.54, 1.807) is 6.20 Å². The molecule has 2 heterocycles. The minimum Gasteiger partial charge on any atom is -0.390 e. The van der Waals surface area contributed by atoms with Crippen molar-refractivity contribution in [2.45, 2.75) is 32.5 Å².